The lowest BCUT2D eigenvalue weighted by Crippen LogP contribution is -2.37. The first-order chi connectivity index (χ1) is 13.7. The Labute approximate surface area is 163 Å². The molecular weight excluding hydrogens is 350 g/mol. The quantitative estimate of drug-likeness (QED) is 0.575. The van der Waals surface area contributed by atoms with Gasteiger partial charge in [0, 0.05) is 29.3 Å². The predicted octanol–water partition coefficient (Wildman–Crippen LogP) is 4.37. The number of aromatic nitrogens is 4. The van der Waals surface area contributed by atoms with E-state index < -0.39 is 0 Å². The van der Waals surface area contributed by atoms with Gasteiger partial charge >= 0.3 is 0 Å². The lowest BCUT2D eigenvalue weighted by molar-refractivity contribution is 0.117. The SMILES string of the molecule is CC(C)C1c2[nH]c3ccccc3c2CCN1Cc1nc(-c2ccccn2)no1. The maximum Gasteiger partial charge on any atom is 0.241 e. The van der Waals surface area contributed by atoms with Gasteiger partial charge in [-0.05, 0) is 36.1 Å². The summed E-state index contributed by atoms with van der Waals surface area (Å²) in [5, 5.41) is 5.46. The smallest absolute Gasteiger partial charge is 0.241 e. The molecule has 4 aromatic rings. The summed E-state index contributed by atoms with van der Waals surface area (Å²) in [7, 11) is 0. The van der Waals surface area contributed by atoms with Crippen LogP contribution in [-0.4, -0.2) is 31.6 Å². The van der Waals surface area contributed by atoms with E-state index in [1.54, 1.807) is 6.20 Å². The van der Waals surface area contributed by atoms with Crippen molar-refractivity contribution in [3.05, 3.63) is 65.8 Å². The van der Waals surface area contributed by atoms with E-state index in [0.717, 1.165) is 18.7 Å². The third-order valence-corrected chi connectivity index (χ3v) is 5.52. The van der Waals surface area contributed by atoms with Gasteiger partial charge < -0.3 is 9.51 Å². The molecule has 0 aliphatic carbocycles. The number of para-hydroxylation sites is 1. The lowest BCUT2D eigenvalue weighted by Gasteiger charge is -2.37. The third kappa shape index (κ3) is 2.90. The molecule has 0 amide bonds. The number of nitrogens with one attached hydrogen (secondary N) is 1. The Hall–Kier alpha value is -2.99. The van der Waals surface area contributed by atoms with E-state index in [-0.39, 0.29) is 0 Å². The fraction of sp³-hybridized carbons (Fsp3) is 0.318. The van der Waals surface area contributed by atoms with Crippen molar-refractivity contribution in [2.75, 3.05) is 6.54 Å². The number of hydrogen-bond donors (Lipinski definition) is 1. The zero-order valence-electron chi connectivity index (χ0n) is 16.1. The highest BCUT2D eigenvalue weighted by Crippen LogP contribution is 2.39. The number of rotatable bonds is 4. The van der Waals surface area contributed by atoms with Crippen LogP contribution in [-0.2, 0) is 13.0 Å². The molecule has 1 aliphatic heterocycles. The Kier molecular flexibility index (Phi) is 4.20. The van der Waals surface area contributed by atoms with Gasteiger partial charge in [-0.1, -0.05) is 43.3 Å². The van der Waals surface area contributed by atoms with E-state index in [2.05, 4.69) is 63.1 Å². The summed E-state index contributed by atoms with van der Waals surface area (Å²) in [6.07, 6.45) is 2.76. The highest BCUT2D eigenvalue weighted by molar-refractivity contribution is 5.85. The molecule has 142 valence electrons. The predicted molar refractivity (Wildman–Crippen MR) is 108 cm³/mol. The number of H-pyrrole nitrogens is 1. The van der Waals surface area contributed by atoms with Crippen molar-refractivity contribution < 1.29 is 4.52 Å². The summed E-state index contributed by atoms with van der Waals surface area (Å²) in [4.78, 5) is 15.0. The molecule has 28 heavy (non-hydrogen) atoms. The maximum atomic E-state index is 5.54. The summed E-state index contributed by atoms with van der Waals surface area (Å²) in [6.45, 7) is 6.15. The van der Waals surface area contributed by atoms with Crippen LogP contribution in [0.15, 0.2) is 53.2 Å². The number of benzene rings is 1. The van der Waals surface area contributed by atoms with Gasteiger partial charge in [0.15, 0.2) is 0 Å². The van der Waals surface area contributed by atoms with Crippen molar-refractivity contribution in [3.8, 4) is 11.5 Å². The van der Waals surface area contributed by atoms with Crippen LogP contribution in [0.5, 0.6) is 0 Å². The highest BCUT2D eigenvalue weighted by atomic mass is 16.5. The second-order valence-corrected chi connectivity index (χ2v) is 7.70. The average Bonchev–Trinajstić information content (AvgIpc) is 3.32. The van der Waals surface area contributed by atoms with E-state index in [9.17, 15) is 0 Å². The summed E-state index contributed by atoms with van der Waals surface area (Å²) < 4.78 is 5.54. The van der Waals surface area contributed by atoms with E-state index >= 15 is 0 Å². The molecule has 1 aromatic carbocycles. The van der Waals surface area contributed by atoms with Crippen LogP contribution in [0.4, 0.5) is 0 Å². The normalized spacial score (nSPS) is 17.3. The average molecular weight is 373 g/mol. The second kappa shape index (κ2) is 6.87. The number of nitrogens with zero attached hydrogens (tertiary/aromatic N) is 4. The Bertz CT molecular complexity index is 1100. The van der Waals surface area contributed by atoms with Gasteiger partial charge in [-0.15, -0.1) is 0 Å². The molecule has 6 heteroatoms. The Morgan fingerprint density at radius 3 is 2.86 bits per heavy atom. The number of pyridine rings is 1. The maximum absolute atomic E-state index is 5.54. The largest absolute Gasteiger partial charge is 0.357 e. The van der Waals surface area contributed by atoms with E-state index in [0.29, 0.717) is 30.2 Å². The van der Waals surface area contributed by atoms with Crippen LogP contribution < -0.4 is 0 Å². The van der Waals surface area contributed by atoms with Gasteiger partial charge in [0.2, 0.25) is 11.7 Å². The van der Waals surface area contributed by atoms with Crippen LogP contribution in [0.2, 0.25) is 0 Å². The first-order valence-corrected chi connectivity index (χ1v) is 9.78. The molecule has 0 fully saturated rings. The van der Waals surface area contributed by atoms with Gasteiger partial charge in [-0.25, -0.2) is 0 Å². The standard InChI is InChI=1S/C22H23N5O/c1-14(2)21-20-16(15-7-3-4-8-17(15)24-20)10-12-27(21)13-19-25-22(26-28-19)18-9-5-6-11-23-18/h3-9,11,14,21,24H,10,12-13H2,1-2H3. The van der Waals surface area contributed by atoms with E-state index in [1.807, 2.05) is 18.2 Å². The second-order valence-electron chi connectivity index (χ2n) is 7.70. The molecule has 0 saturated heterocycles. The molecule has 1 aliphatic rings. The molecule has 3 aromatic heterocycles. The molecule has 1 atom stereocenters. The van der Waals surface area contributed by atoms with Crippen LogP contribution in [0.25, 0.3) is 22.4 Å². The summed E-state index contributed by atoms with van der Waals surface area (Å²) in [6, 6.07) is 14.6. The Morgan fingerprint density at radius 1 is 1.18 bits per heavy atom. The summed E-state index contributed by atoms with van der Waals surface area (Å²) in [5.41, 5.74) is 4.72. The van der Waals surface area contributed by atoms with Crippen LogP contribution in [0.1, 0.15) is 37.0 Å². The molecule has 5 rings (SSSR count). The molecule has 0 radical (unpaired) electrons. The first kappa shape index (κ1) is 17.1. The number of hydrogen-bond acceptors (Lipinski definition) is 5. The molecule has 0 spiro atoms. The van der Waals surface area contributed by atoms with Gasteiger partial charge in [0.05, 0.1) is 12.6 Å². The van der Waals surface area contributed by atoms with Gasteiger partial charge in [0.1, 0.15) is 5.69 Å². The van der Waals surface area contributed by atoms with Crippen LogP contribution in [0, 0.1) is 5.92 Å². The van der Waals surface area contributed by atoms with Crippen molar-refractivity contribution in [1.29, 1.82) is 0 Å². The first-order valence-electron chi connectivity index (χ1n) is 9.78. The van der Waals surface area contributed by atoms with E-state index in [4.69, 9.17) is 4.52 Å². The van der Waals surface area contributed by atoms with Crippen molar-refractivity contribution in [1.82, 2.24) is 25.0 Å². The summed E-state index contributed by atoms with van der Waals surface area (Å²) >= 11 is 0. The lowest BCUT2D eigenvalue weighted by atomic mass is 9.90. The highest BCUT2D eigenvalue weighted by Gasteiger charge is 2.33. The molecule has 0 bridgehead atoms. The zero-order chi connectivity index (χ0) is 19.1. The number of fused-ring (bicyclic) bond motifs is 3. The number of aromatic amines is 1. The van der Waals surface area contributed by atoms with Crippen molar-refractivity contribution >= 4 is 10.9 Å². The van der Waals surface area contributed by atoms with Crippen molar-refractivity contribution in [2.24, 2.45) is 5.92 Å². The van der Waals surface area contributed by atoms with Gasteiger partial charge in [-0.2, -0.15) is 4.98 Å². The third-order valence-electron chi connectivity index (χ3n) is 5.52. The fourth-order valence-electron chi connectivity index (χ4n) is 4.34. The molecular formula is C22H23N5O. The molecule has 4 heterocycles. The monoisotopic (exact) mass is 373 g/mol. The van der Waals surface area contributed by atoms with Crippen LogP contribution in [0.3, 0.4) is 0 Å². The topological polar surface area (TPSA) is 70.8 Å². The molecule has 1 unspecified atom stereocenters. The minimum atomic E-state index is 0.293. The molecule has 1 N–H and O–H groups in total. The van der Waals surface area contributed by atoms with Crippen molar-refractivity contribution in [2.45, 2.75) is 32.9 Å². The molecule has 6 nitrogen and oxygen atoms in total. The van der Waals surface area contributed by atoms with Crippen LogP contribution >= 0.6 is 0 Å². The van der Waals surface area contributed by atoms with Crippen molar-refractivity contribution in [3.63, 3.8) is 0 Å². The fourth-order valence-corrected chi connectivity index (χ4v) is 4.34. The van der Waals surface area contributed by atoms with Gasteiger partial charge in [0.25, 0.3) is 0 Å². The Morgan fingerprint density at radius 2 is 2.04 bits per heavy atom. The minimum absolute atomic E-state index is 0.293. The zero-order valence-corrected chi connectivity index (χ0v) is 16.1. The Balaban J connectivity index is 1.45. The van der Waals surface area contributed by atoms with Gasteiger partial charge in [-0.3, -0.25) is 9.88 Å². The van der Waals surface area contributed by atoms with E-state index in [1.165, 1.54) is 22.2 Å². The minimum Gasteiger partial charge on any atom is -0.357 e. The summed E-state index contributed by atoms with van der Waals surface area (Å²) in [5.74, 6) is 1.64. The molecule has 0 saturated carbocycles.